The highest BCUT2D eigenvalue weighted by atomic mass is 19.1. The van der Waals surface area contributed by atoms with Crippen molar-refractivity contribution in [1.29, 1.82) is 0 Å². The number of nitrogens with zero attached hydrogens (tertiary/aromatic N) is 2. The van der Waals surface area contributed by atoms with Gasteiger partial charge in [-0.25, -0.2) is 9.18 Å². The van der Waals surface area contributed by atoms with Crippen LogP contribution in [0.3, 0.4) is 0 Å². The van der Waals surface area contributed by atoms with Crippen molar-refractivity contribution < 1.29 is 14.3 Å². The molecule has 0 aromatic heterocycles. The number of hydrogen-bond acceptors (Lipinski definition) is 2. The Balaban J connectivity index is 1.28. The zero-order valence-electron chi connectivity index (χ0n) is 25.6. The van der Waals surface area contributed by atoms with Gasteiger partial charge in [-0.3, -0.25) is 0 Å². The maximum absolute atomic E-state index is 16.7. The van der Waals surface area contributed by atoms with Crippen molar-refractivity contribution in [1.82, 2.24) is 9.80 Å². The van der Waals surface area contributed by atoms with Crippen LogP contribution >= 0.6 is 0 Å². The molecule has 6 aromatic rings. The summed E-state index contributed by atoms with van der Waals surface area (Å²) in [5.41, 5.74) is 3.67. The molecule has 0 radical (unpaired) electrons. The predicted molar refractivity (Wildman–Crippen MR) is 183 cm³/mol. The Hall–Kier alpha value is -5.00. The Morgan fingerprint density at radius 1 is 0.565 bits per heavy atom. The molecule has 7 rings (SSSR count). The number of rotatable bonds is 9. The van der Waals surface area contributed by atoms with E-state index in [0.29, 0.717) is 13.0 Å². The number of aliphatic hydroxyl groups is 1. The van der Waals surface area contributed by atoms with Crippen molar-refractivity contribution in [3.63, 3.8) is 0 Å². The number of fused-ring (bicyclic) bond motifs is 2. The first-order valence-electron chi connectivity index (χ1n) is 16.0. The molecule has 1 saturated heterocycles. The average Bonchev–Trinajstić information content (AvgIpc) is 3.09. The van der Waals surface area contributed by atoms with Gasteiger partial charge in [-0.15, -0.1) is 0 Å². The first kappa shape index (κ1) is 29.7. The fourth-order valence-corrected chi connectivity index (χ4v) is 6.91. The van der Waals surface area contributed by atoms with Crippen molar-refractivity contribution >= 4 is 27.6 Å². The number of alkyl halides is 1. The summed E-state index contributed by atoms with van der Waals surface area (Å²) in [6.07, 6.45) is -2.08. The monoisotopic (exact) mass is 608 g/mol. The van der Waals surface area contributed by atoms with E-state index in [1.165, 1.54) is 0 Å². The molecule has 4 nitrogen and oxygen atoms in total. The zero-order valence-corrected chi connectivity index (χ0v) is 25.6. The molecular weight excluding hydrogens is 571 g/mol. The topological polar surface area (TPSA) is 43.8 Å². The number of carbonyl (C=O) groups is 1. The molecule has 46 heavy (non-hydrogen) atoms. The first-order valence-corrected chi connectivity index (χ1v) is 16.0. The van der Waals surface area contributed by atoms with Crippen LogP contribution in [0.5, 0.6) is 0 Å². The number of urea groups is 1. The van der Waals surface area contributed by atoms with Crippen LogP contribution in [-0.2, 0) is 25.9 Å². The summed E-state index contributed by atoms with van der Waals surface area (Å²) in [7, 11) is 0. The fourth-order valence-electron chi connectivity index (χ4n) is 6.91. The number of halogens is 1. The van der Waals surface area contributed by atoms with Gasteiger partial charge in [0.1, 0.15) is 6.17 Å². The van der Waals surface area contributed by atoms with Gasteiger partial charge in [0, 0.05) is 19.5 Å². The van der Waals surface area contributed by atoms with E-state index < -0.39 is 24.4 Å². The zero-order chi connectivity index (χ0) is 31.5. The van der Waals surface area contributed by atoms with Gasteiger partial charge in [-0.1, -0.05) is 133 Å². The van der Waals surface area contributed by atoms with Crippen molar-refractivity contribution in [2.45, 2.75) is 50.3 Å². The fraction of sp³-hybridized carbons (Fsp3) is 0.195. The second-order valence-corrected chi connectivity index (χ2v) is 12.3. The number of carbonyl (C=O) groups excluding carboxylic acids is 1. The highest BCUT2D eigenvalue weighted by Crippen LogP contribution is 2.33. The molecule has 0 saturated carbocycles. The summed E-state index contributed by atoms with van der Waals surface area (Å²) in [5.74, 6) is 0. The number of amides is 2. The Kier molecular flexibility index (Phi) is 8.49. The summed E-state index contributed by atoms with van der Waals surface area (Å²) in [5, 5.41) is 16.6. The summed E-state index contributed by atoms with van der Waals surface area (Å²) in [4.78, 5) is 18.1. The third-order valence-corrected chi connectivity index (χ3v) is 9.26. The van der Waals surface area contributed by atoms with E-state index in [4.69, 9.17) is 0 Å². The smallest absolute Gasteiger partial charge is 0.321 e. The molecule has 1 N–H and O–H groups in total. The lowest BCUT2D eigenvalue weighted by Gasteiger charge is -2.50. The van der Waals surface area contributed by atoms with Crippen LogP contribution < -0.4 is 0 Å². The van der Waals surface area contributed by atoms with E-state index in [9.17, 15) is 9.90 Å². The molecule has 230 valence electrons. The number of benzene rings is 6. The van der Waals surface area contributed by atoms with Crippen LogP contribution in [0.4, 0.5) is 9.18 Å². The Bertz CT molecular complexity index is 1950. The van der Waals surface area contributed by atoms with E-state index in [1.807, 2.05) is 109 Å². The summed E-state index contributed by atoms with van der Waals surface area (Å²) in [6, 6.07) is 45.9. The van der Waals surface area contributed by atoms with Gasteiger partial charge in [0.15, 0.2) is 0 Å². The molecule has 1 aliphatic rings. The van der Waals surface area contributed by atoms with Crippen molar-refractivity contribution in [2.24, 2.45) is 0 Å². The predicted octanol–water partition coefficient (Wildman–Crippen LogP) is 8.35. The second-order valence-electron chi connectivity index (χ2n) is 12.3. The molecule has 1 heterocycles. The van der Waals surface area contributed by atoms with Crippen molar-refractivity contribution in [3.05, 3.63) is 168 Å². The lowest BCUT2D eigenvalue weighted by molar-refractivity contribution is -0.0670. The SMILES string of the molecule is O=C1N(Cc2ccc3ccccc3c2)[C@H]([C@@H](F)Cc2ccccc2)[C@@H](O)[C@@H](Cc2ccccc2)N1Cc1ccc2ccccc2c1. The molecule has 1 aliphatic heterocycles. The van der Waals surface area contributed by atoms with Crippen molar-refractivity contribution in [2.75, 3.05) is 0 Å². The first-order chi connectivity index (χ1) is 22.5. The van der Waals surface area contributed by atoms with Gasteiger partial charge in [-0.05, 0) is 62.4 Å². The Morgan fingerprint density at radius 3 is 1.61 bits per heavy atom. The van der Waals surface area contributed by atoms with Gasteiger partial charge in [0.25, 0.3) is 0 Å². The molecule has 0 aliphatic carbocycles. The van der Waals surface area contributed by atoms with Crippen molar-refractivity contribution in [3.8, 4) is 0 Å². The van der Waals surface area contributed by atoms with Gasteiger partial charge in [0.05, 0.1) is 18.2 Å². The minimum atomic E-state index is -1.47. The van der Waals surface area contributed by atoms with Crippen LogP contribution in [0.15, 0.2) is 146 Å². The molecule has 6 aromatic carbocycles. The summed E-state index contributed by atoms with van der Waals surface area (Å²) < 4.78 is 16.7. The lowest BCUT2D eigenvalue weighted by Crippen LogP contribution is -2.68. The molecule has 2 amide bonds. The van der Waals surface area contributed by atoms with E-state index in [1.54, 1.807) is 9.80 Å². The van der Waals surface area contributed by atoms with E-state index in [-0.39, 0.29) is 19.0 Å². The average molecular weight is 609 g/mol. The molecule has 4 atom stereocenters. The highest BCUT2D eigenvalue weighted by molar-refractivity contribution is 5.84. The van der Waals surface area contributed by atoms with Gasteiger partial charge < -0.3 is 14.9 Å². The minimum Gasteiger partial charge on any atom is -0.389 e. The van der Waals surface area contributed by atoms with Gasteiger partial charge >= 0.3 is 6.03 Å². The third kappa shape index (κ3) is 6.24. The van der Waals surface area contributed by atoms with Gasteiger partial charge in [0.2, 0.25) is 0 Å². The van der Waals surface area contributed by atoms with E-state index >= 15 is 4.39 Å². The third-order valence-electron chi connectivity index (χ3n) is 9.26. The Morgan fingerprint density at radius 2 is 1.04 bits per heavy atom. The van der Waals surface area contributed by atoms with Crippen LogP contribution in [0.1, 0.15) is 22.3 Å². The number of aliphatic hydroxyl groups excluding tert-OH is 1. The largest absolute Gasteiger partial charge is 0.389 e. The quantitative estimate of drug-likeness (QED) is 0.179. The molecule has 0 unspecified atom stereocenters. The normalized spacial score (nSPS) is 19.1. The molecule has 0 bridgehead atoms. The summed E-state index contributed by atoms with van der Waals surface area (Å²) >= 11 is 0. The van der Waals surface area contributed by atoms with E-state index in [0.717, 1.165) is 43.8 Å². The standard InChI is InChI=1S/C41H37FN2O2/c42-37(25-29-11-3-1-4-12-29)39-40(45)38(26-30-13-5-2-6-14-30)43(27-31-19-21-33-15-7-9-17-35(33)23-31)41(46)44(39)28-32-20-22-34-16-8-10-18-36(34)24-32/h1-24,37-40,45H,25-28H2/t37-,38+,39+,40-/m0/s1. The van der Waals surface area contributed by atoms with E-state index in [2.05, 4.69) is 36.4 Å². The van der Waals surface area contributed by atoms with Crippen LogP contribution in [0.25, 0.3) is 21.5 Å². The molecule has 1 fully saturated rings. The maximum atomic E-state index is 16.7. The lowest BCUT2D eigenvalue weighted by atomic mass is 9.87. The maximum Gasteiger partial charge on any atom is 0.321 e. The second kappa shape index (κ2) is 13.2. The molecular formula is C41H37FN2O2. The van der Waals surface area contributed by atoms with Gasteiger partial charge in [-0.2, -0.15) is 0 Å². The Labute approximate surface area is 269 Å². The summed E-state index contributed by atoms with van der Waals surface area (Å²) in [6.45, 7) is 0.488. The van der Waals surface area contributed by atoms with Crippen LogP contribution in [0, 0.1) is 0 Å². The van der Waals surface area contributed by atoms with Crippen LogP contribution in [-0.4, -0.2) is 45.3 Å². The number of hydrogen-bond donors (Lipinski definition) is 1. The van der Waals surface area contributed by atoms with Crippen LogP contribution in [0.2, 0.25) is 0 Å². The minimum absolute atomic E-state index is 0.104. The molecule has 0 spiro atoms. The highest BCUT2D eigenvalue weighted by Gasteiger charge is 2.49. The molecule has 5 heteroatoms.